The number of hydrogen-bond acceptors (Lipinski definition) is 3. The average Bonchev–Trinajstić information content (AvgIpc) is 3.36. The molecule has 5 rings (SSSR count). The van der Waals surface area contributed by atoms with Crippen molar-refractivity contribution < 1.29 is 0 Å². The summed E-state index contributed by atoms with van der Waals surface area (Å²) in [5, 5.41) is 8.07. The molecule has 5 aromatic rings. The molecule has 0 radical (unpaired) electrons. The Hall–Kier alpha value is -3.22. The highest BCUT2D eigenvalue weighted by atomic mass is 35.5. The van der Waals surface area contributed by atoms with E-state index in [9.17, 15) is 0 Å². The van der Waals surface area contributed by atoms with Crippen molar-refractivity contribution in [3.8, 4) is 11.5 Å². The van der Waals surface area contributed by atoms with E-state index in [0.717, 1.165) is 11.3 Å². The summed E-state index contributed by atoms with van der Waals surface area (Å²) in [6, 6.07) is 24.6. The lowest BCUT2D eigenvalue weighted by Crippen LogP contribution is -2.12. The molecule has 1 N–H and O–H groups in total. The fourth-order valence-electron chi connectivity index (χ4n) is 3.70. The van der Waals surface area contributed by atoms with Crippen molar-refractivity contribution in [2.45, 2.75) is 12.5 Å². The predicted molar refractivity (Wildman–Crippen MR) is 121 cm³/mol. The second-order valence-corrected chi connectivity index (χ2v) is 7.90. The highest BCUT2D eigenvalue weighted by Gasteiger charge is 2.20. The van der Waals surface area contributed by atoms with Crippen LogP contribution in [0, 0.1) is 4.77 Å². The molecule has 3 aromatic heterocycles. The molecule has 0 unspecified atom stereocenters. The summed E-state index contributed by atoms with van der Waals surface area (Å²) in [6.45, 7) is 0.646. The van der Waals surface area contributed by atoms with Gasteiger partial charge in [-0.3, -0.25) is 9.67 Å². The fraction of sp³-hybridized carbons (Fsp3) is 0.0870. The molecule has 0 spiro atoms. The largest absolute Gasteiger partial charge is 0.306 e. The third-order valence-corrected chi connectivity index (χ3v) is 5.73. The third-order valence-electron chi connectivity index (χ3n) is 5.18. The number of rotatable bonds is 5. The number of imidazole rings is 1. The molecule has 0 aliphatic rings. The molecule has 30 heavy (non-hydrogen) atoms. The van der Waals surface area contributed by atoms with Crippen LogP contribution in [0.15, 0.2) is 85.2 Å². The number of H-pyrrole nitrogens is 1. The molecule has 7 heteroatoms. The van der Waals surface area contributed by atoms with Crippen molar-refractivity contribution in [1.29, 1.82) is 0 Å². The van der Waals surface area contributed by atoms with Crippen molar-refractivity contribution in [3.63, 3.8) is 0 Å². The molecule has 148 valence electrons. The van der Waals surface area contributed by atoms with E-state index >= 15 is 0 Å². The minimum atomic E-state index is 0.127. The maximum absolute atomic E-state index is 6.12. The van der Waals surface area contributed by atoms with Crippen LogP contribution in [-0.4, -0.2) is 24.1 Å². The highest BCUT2D eigenvalue weighted by Crippen LogP contribution is 2.29. The van der Waals surface area contributed by atoms with Gasteiger partial charge in [0.05, 0.1) is 0 Å². The molecule has 0 fully saturated rings. The normalized spacial score (nSPS) is 11.4. The van der Waals surface area contributed by atoms with Gasteiger partial charge in [0.2, 0.25) is 0 Å². The van der Waals surface area contributed by atoms with E-state index in [-0.39, 0.29) is 5.92 Å². The number of aromatic amines is 1. The monoisotopic (exact) mass is 431 g/mol. The molecule has 3 heterocycles. The first kappa shape index (κ1) is 18.8. The Morgan fingerprint density at radius 3 is 2.30 bits per heavy atom. The van der Waals surface area contributed by atoms with E-state index in [1.165, 1.54) is 11.1 Å². The van der Waals surface area contributed by atoms with Gasteiger partial charge in [0.1, 0.15) is 11.3 Å². The number of nitrogens with one attached hydrogen (secondary N) is 1. The molecular formula is C23H18ClN5S. The van der Waals surface area contributed by atoms with Crippen molar-refractivity contribution in [2.24, 2.45) is 0 Å². The maximum Gasteiger partial charge on any atom is 0.195 e. The first-order valence-electron chi connectivity index (χ1n) is 9.59. The van der Waals surface area contributed by atoms with Gasteiger partial charge in [-0.1, -0.05) is 72.3 Å². The van der Waals surface area contributed by atoms with Crippen LogP contribution in [0.1, 0.15) is 17.0 Å². The lowest BCUT2D eigenvalue weighted by Gasteiger charge is -2.19. The summed E-state index contributed by atoms with van der Waals surface area (Å²) in [4.78, 5) is 4.70. The lowest BCUT2D eigenvalue weighted by molar-refractivity contribution is 0.620. The van der Waals surface area contributed by atoms with Gasteiger partial charge in [-0.2, -0.15) is 5.10 Å². The second-order valence-electron chi connectivity index (χ2n) is 7.07. The minimum absolute atomic E-state index is 0.127. The molecule has 0 atom stereocenters. The van der Waals surface area contributed by atoms with Crippen LogP contribution in [0.2, 0.25) is 5.02 Å². The summed E-state index contributed by atoms with van der Waals surface area (Å²) in [5.74, 6) is 0.832. The summed E-state index contributed by atoms with van der Waals surface area (Å²) >= 11 is 11.7. The first-order chi connectivity index (χ1) is 14.7. The van der Waals surface area contributed by atoms with Gasteiger partial charge < -0.3 is 4.40 Å². The molecule has 0 aliphatic heterocycles. The van der Waals surface area contributed by atoms with Gasteiger partial charge in [0.15, 0.2) is 10.6 Å². The van der Waals surface area contributed by atoms with Gasteiger partial charge >= 0.3 is 0 Å². The number of pyridine rings is 1. The molecule has 2 aromatic carbocycles. The second kappa shape index (κ2) is 7.89. The van der Waals surface area contributed by atoms with E-state index < -0.39 is 0 Å². The van der Waals surface area contributed by atoms with Crippen LogP contribution in [0.25, 0.3) is 17.2 Å². The topological polar surface area (TPSA) is 50.9 Å². The Balaban J connectivity index is 1.59. The van der Waals surface area contributed by atoms with E-state index in [2.05, 4.69) is 58.7 Å². The standard InChI is InChI=1S/C23H18ClN5S/c24-18-11-12-28-15-20(25-21(28)13-18)22-26-27-23(30)29(22)14-19(16-7-3-1-4-8-16)17-9-5-2-6-10-17/h1-13,15,19H,14H2,(H,27,30). The van der Waals surface area contributed by atoms with Gasteiger partial charge in [-0.25, -0.2) is 4.98 Å². The number of halogens is 1. The number of fused-ring (bicyclic) bond motifs is 1. The number of aromatic nitrogens is 5. The van der Waals surface area contributed by atoms with Gasteiger partial charge in [0, 0.05) is 35.9 Å². The molecule has 0 aliphatic carbocycles. The molecule has 0 amide bonds. The Labute approximate surface area is 183 Å². The van der Waals surface area contributed by atoms with Crippen LogP contribution < -0.4 is 0 Å². The van der Waals surface area contributed by atoms with Crippen molar-refractivity contribution in [3.05, 3.63) is 106 Å². The summed E-state index contributed by atoms with van der Waals surface area (Å²) in [7, 11) is 0. The third kappa shape index (κ3) is 3.56. The van der Waals surface area contributed by atoms with Gasteiger partial charge in [0.25, 0.3) is 0 Å². The zero-order valence-electron chi connectivity index (χ0n) is 15.9. The zero-order chi connectivity index (χ0) is 20.5. The highest BCUT2D eigenvalue weighted by molar-refractivity contribution is 7.71. The quantitative estimate of drug-likeness (QED) is 0.361. The Morgan fingerprint density at radius 2 is 1.63 bits per heavy atom. The van der Waals surface area contributed by atoms with Crippen molar-refractivity contribution >= 4 is 29.5 Å². The first-order valence-corrected chi connectivity index (χ1v) is 10.4. The Kier molecular flexibility index (Phi) is 4.94. The van der Waals surface area contributed by atoms with Crippen LogP contribution in [-0.2, 0) is 6.54 Å². The Morgan fingerprint density at radius 1 is 0.967 bits per heavy atom. The molecule has 5 nitrogen and oxygen atoms in total. The lowest BCUT2D eigenvalue weighted by atomic mass is 9.91. The summed E-state index contributed by atoms with van der Waals surface area (Å²) in [5.41, 5.74) is 3.95. The van der Waals surface area contributed by atoms with E-state index in [1.54, 1.807) is 0 Å². The van der Waals surface area contributed by atoms with Crippen molar-refractivity contribution in [2.75, 3.05) is 0 Å². The van der Waals surface area contributed by atoms with E-state index in [1.807, 2.05) is 45.6 Å². The summed E-state index contributed by atoms with van der Waals surface area (Å²) < 4.78 is 4.51. The van der Waals surface area contributed by atoms with E-state index in [0.29, 0.717) is 22.2 Å². The number of benzene rings is 2. The fourth-order valence-corrected chi connectivity index (χ4v) is 4.06. The molecule has 0 bridgehead atoms. The van der Waals surface area contributed by atoms with Crippen LogP contribution in [0.3, 0.4) is 0 Å². The SMILES string of the molecule is S=c1[nH]nc(-c2cn3ccc(Cl)cc3n2)n1CC(c1ccccc1)c1ccccc1. The average molecular weight is 432 g/mol. The molecule has 0 saturated heterocycles. The summed E-state index contributed by atoms with van der Waals surface area (Å²) in [6.07, 6.45) is 3.82. The van der Waals surface area contributed by atoms with Gasteiger partial charge in [-0.15, -0.1) is 0 Å². The molecule has 0 saturated carbocycles. The predicted octanol–water partition coefficient (Wildman–Crippen LogP) is 5.74. The Bertz CT molecular complexity index is 1320. The van der Waals surface area contributed by atoms with Crippen molar-refractivity contribution in [1.82, 2.24) is 24.1 Å². The van der Waals surface area contributed by atoms with Gasteiger partial charge in [-0.05, 0) is 29.4 Å². The van der Waals surface area contributed by atoms with Crippen LogP contribution in [0.5, 0.6) is 0 Å². The minimum Gasteiger partial charge on any atom is -0.306 e. The maximum atomic E-state index is 6.12. The number of hydrogen-bond donors (Lipinski definition) is 1. The van der Waals surface area contributed by atoms with Crippen LogP contribution in [0.4, 0.5) is 0 Å². The smallest absolute Gasteiger partial charge is 0.195 e. The van der Waals surface area contributed by atoms with E-state index in [4.69, 9.17) is 28.8 Å². The zero-order valence-corrected chi connectivity index (χ0v) is 17.5. The van der Waals surface area contributed by atoms with Crippen LogP contribution >= 0.6 is 23.8 Å². The number of nitrogens with zero attached hydrogens (tertiary/aromatic N) is 4. The molecular weight excluding hydrogens is 414 g/mol.